The highest BCUT2D eigenvalue weighted by molar-refractivity contribution is 9.10. The van der Waals surface area contributed by atoms with Gasteiger partial charge in [-0.2, -0.15) is 0 Å². The van der Waals surface area contributed by atoms with Gasteiger partial charge in [0.05, 0.1) is 16.7 Å². The van der Waals surface area contributed by atoms with E-state index < -0.39 is 23.8 Å². The maximum atomic E-state index is 13.7. The third kappa shape index (κ3) is 2.26. The van der Waals surface area contributed by atoms with Gasteiger partial charge in [0, 0.05) is 18.6 Å². The summed E-state index contributed by atoms with van der Waals surface area (Å²) in [7, 11) is 0. The van der Waals surface area contributed by atoms with Gasteiger partial charge in [-0.15, -0.1) is 0 Å². The van der Waals surface area contributed by atoms with Gasteiger partial charge in [0.1, 0.15) is 11.6 Å². The Hall–Kier alpha value is -0.520. The van der Waals surface area contributed by atoms with E-state index in [1.54, 1.807) is 0 Å². The van der Waals surface area contributed by atoms with Crippen molar-refractivity contribution in [1.29, 1.82) is 0 Å². The van der Waals surface area contributed by atoms with Crippen molar-refractivity contribution < 1.29 is 18.6 Å². The van der Waals surface area contributed by atoms with Crippen LogP contribution < -0.4 is 0 Å². The molecule has 1 aromatic rings. The third-order valence-electron chi connectivity index (χ3n) is 2.67. The zero-order chi connectivity index (χ0) is 11.7. The van der Waals surface area contributed by atoms with Crippen LogP contribution in [-0.4, -0.2) is 17.8 Å². The van der Waals surface area contributed by atoms with Crippen LogP contribution in [0.5, 0.6) is 0 Å². The smallest absolute Gasteiger partial charge is 0.146 e. The maximum absolute atomic E-state index is 13.7. The molecule has 0 saturated carbocycles. The molecule has 88 valence electrons. The van der Waals surface area contributed by atoms with Crippen molar-refractivity contribution in [3.05, 3.63) is 33.8 Å². The summed E-state index contributed by atoms with van der Waals surface area (Å²) in [5, 5.41) is 9.47. The Labute approximate surface area is 100 Å². The fourth-order valence-corrected chi connectivity index (χ4v) is 2.15. The van der Waals surface area contributed by atoms with Gasteiger partial charge >= 0.3 is 0 Å². The van der Waals surface area contributed by atoms with Crippen LogP contribution in [0.15, 0.2) is 16.6 Å². The number of rotatable bonds is 1. The molecule has 1 heterocycles. The second-order valence-electron chi connectivity index (χ2n) is 3.80. The Morgan fingerprint density at radius 2 is 2.12 bits per heavy atom. The van der Waals surface area contributed by atoms with Gasteiger partial charge in [-0.3, -0.25) is 0 Å². The number of benzene rings is 1. The zero-order valence-corrected chi connectivity index (χ0v) is 10.0. The standard InChI is InChI=1S/C11H11BrF2O2/c12-10-8(13)2-1-7(11(10)14)9-5-6(15)3-4-16-9/h1-2,6,9,15H,3-5H2. The SMILES string of the molecule is OC1CCOC(c2ccc(F)c(Br)c2F)C1. The Balaban J connectivity index is 2.29. The predicted octanol–water partition coefficient (Wildman–Crippen LogP) is 2.94. The lowest BCUT2D eigenvalue weighted by atomic mass is 9.99. The summed E-state index contributed by atoms with van der Waals surface area (Å²) < 4.78 is 31.9. The molecule has 0 amide bonds. The molecule has 0 bridgehead atoms. The van der Waals surface area contributed by atoms with Crippen LogP contribution in [0.3, 0.4) is 0 Å². The van der Waals surface area contributed by atoms with Gasteiger partial charge < -0.3 is 9.84 Å². The normalized spacial score (nSPS) is 25.8. The summed E-state index contributed by atoms with van der Waals surface area (Å²) in [5.41, 5.74) is 0.284. The van der Waals surface area contributed by atoms with Gasteiger partial charge in [0.15, 0.2) is 0 Å². The van der Waals surface area contributed by atoms with Crippen molar-refractivity contribution in [2.24, 2.45) is 0 Å². The van der Waals surface area contributed by atoms with E-state index in [0.717, 1.165) is 0 Å². The van der Waals surface area contributed by atoms with Crippen molar-refractivity contribution in [2.75, 3.05) is 6.61 Å². The van der Waals surface area contributed by atoms with Gasteiger partial charge in [-0.05, 0) is 28.4 Å². The van der Waals surface area contributed by atoms with Crippen molar-refractivity contribution in [3.63, 3.8) is 0 Å². The van der Waals surface area contributed by atoms with E-state index in [0.29, 0.717) is 19.4 Å². The molecule has 1 saturated heterocycles. The number of ether oxygens (including phenoxy) is 1. The summed E-state index contributed by atoms with van der Waals surface area (Å²) in [6.45, 7) is 0.389. The second kappa shape index (κ2) is 4.77. The largest absolute Gasteiger partial charge is 0.393 e. The quantitative estimate of drug-likeness (QED) is 0.807. The van der Waals surface area contributed by atoms with Gasteiger partial charge in [-0.1, -0.05) is 6.07 Å². The van der Waals surface area contributed by atoms with Crippen molar-refractivity contribution in [3.8, 4) is 0 Å². The number of aliphatic hydroxyl groups is 1. The molecule has 1 aromatic carbocycles. The lowest BCUT2D eigenvalue weighted by Gasteiger charge is -2.27. The van der Waals surface area contributed by atoms with Crippen molar-refractivity contribution >= 4 is 15.9 Å². The summed E-state index contributed by atoms with van der Waals surface area (Å²) in [5.74, 6) is -1.29. The molecule has 0 spiro atoms. The number of halogens is 3. The van der Waals surface area contributed by atoms with Crippen LogP contribution in [0, 0.1) is 11.6 Å². The molecule has 2 rings (SSSR count). The molecule has 0 aromatic heterocycles. The minimum absolute atomic E-state index is 0.186. The molecule has 0 radical (unpaired) electrons. The van der Waals surface area contributed by atoms with Crippen LogP contribution in [0.1, 0.15) is 24.5 Å². The highest BCUT2D eigenvalue weighted by Crippen LogP contribution is 2.33. The molecular formula is C11H11BrF2O2. The lowest BCUT2D eigenvalue weighted by Crippen LogP contribution is -2.24. The minimum Gasteiger partial charge on any atom is -0.393 e. The molecule has 16 heavy (non-hydrogen) atoms. The Morgan fingerprint density at radius 3 is 2.81 bits per heavy atom. The van der Waals surface area contributed by atoms with E-state index in [1.165, 1.54) is 12.1 Å². The van der Waals surface area contributed by atoms with Gasteiger partial charge in [0.2, 0.25) is 0 Å². The van der Waals surface area contributed by atoms with E-state index in [1.807, 2.05) is 0 Å². The summed E-state index contributed by atoms with van der Waals surface area (Å²) in [6, 6.07) is 2.55. The molecule has 2 atom stereocenters. The topological polar surface area (TPSA) is 29.5 Å². The first-order chi connectivity index (χ1) is 7.59. The van der Waals surface area contributed by atoms with Crippen LogP contribution in [0.4, 0.5) is 8.78 Å². The molecular weight excluding hydrogens is 282 g/mol. The molecule has 1 N–H and O–H groups in total. The van der Waals surface area contributed by atoms with Crippen molar-refractivity contribution in [2.45, 2.75) is 25.0 Å². The number of hydrogen-bond donors (Lipinski definition) is 1. The second-order valence-corrected chi connectivity index (χ2v) is 4.60. The lowest BCUT2D eigenvalue weighted by molar-refractivity contribution is -0.0462. The molecule has 5 heteroatoms. The van der Waals surface area contributed by atoms with E-state index in [2.05, 4.69) is 15.9 Å². The maximum Gasteiger partial charge on any atom is 0.146 e. The zero-order valence-electron chi connectivity index (χ0n) is 8.42. The molecule has 1 aliphatic heterocycles. The average Bonchev–Trinajstić information content (AvgIpc) is 2.26. The fraction of sp³-hybridized carbons (Fsp3) is 0.455. The van der Waals surface area contributed by atoms with E-state index in [9.17, 15) is 13.9 Å². The Morgan fingerprint density at radius 1 is 1.38 bits per heavy atom. The molecule has 0 aliphatic carbocycles. The van der Waals surface area contributed by atoms with Crippen LogP contribution in [0.2, 0.25) is 0 Å². The number of hydrogen-bond acceptors (Lipinski definition) is 2. The predicted molar refractivity (Wildman–Crippen MR) is 58.0 cm³/mol. The first-order valence-electron chi connectivity index (χ1n) is 5.02. The monoisotopic (exact) mass is 292 g/mol. The molecule has 1 aliphatic rings. The van der Waals surface area contributed by atoms with E-state index in [4.69, 9.17) is 4.74 Å². The molecule has 2 unspecified atom stereocenters. The highest BCUT2D eigenvalue weighted by atomic mass is 79.9. The van der Waals surface area contributed by atoms with Gasteiger partial charge in [-0.25, -0.2) is 8.78 Å². The summed E-state index contributed by atoms with van der Waals surface area (Å²) in [6.07, 6.45) is -0.0854. The Bertz CT molecular complexity index is 398. The minimum atomic E-state index is -0.654. The molecule has 1 fully saturated rings. The van der Waals surface area contributed by atoms with E-state index in [-0.39, 0.29) is 10.0 Å². The average molecular weight is 293 g/mol. The Kier molecular flexibility index (Phi) is 3.56. The van der Waals surface area contributed by atoms with Crippen molar-refractivity contribution in [1.82, 2.24) is 0 Å². The first kappa shape index (κ1) is 12.0. The fourth-order valence-electron chi connectivity index (χ4n) is 1.79. The number of aliphatic hydroxyl groups excluding tert-OH is 1. The van der Waals surface area contributed by atoms with Crippen LogP contribution in [0.25, 0.3) is 0 Å². The van der Waals surface area contributed by atoms with Gasteiger partial charge in [0.25, 0.3) is 0 Å². The summed E-state index contributed by atoms with van der Waals surface area (Å²) >= 11 is 2.84. The van der Waals surface area contributed by atoms with E-state index >= 15 is 0 Å². The first-order valence-corrected chi connectivity index (χ1v) is 5.82. The highest BCUT2D eigenvalue weighted by Gasteiger charge is 2.26. The van der Waals surface area contributed by atoms with Crippen LogP contribution >= 0.6 is 15.9 Å². The van der Waals surface area contributed by atoms with Crippen LogP contribution in [-0.2, 0) is 4.74 Å². The third-order valence-corrected chi connectivity index (χ3v) is 3.40. The summed E-state index contributed by atoms with van der Waals surface area (Å²) in [4.78, 5) is 0. The molecule has 2 nitrogen and oxygen atoms in total.